The molecule has 2 saturated carbocycles. The number of carbonyl (C=O) groups is 1. The Morgan fingerprint density at radius 3 is 2.77 bits per heavy atom. The number of hydrogen-bond donors (Lipinski definition) is 2. The van der Waals surface area contributed by atoms with E-state index in [1.807, 2.05) is 29.2 Å². The molecule has 3 unspecified atom stereocenters. The molecule has 3 fully saturated rings. The number of hydrogen-bond acceptors (Lipinski definition) is 5. The number of benzene rings is 2. The molecule has 6 heteroatoms. The first-order chi connectivity index (χ1) is 19.2. The van der Waals surface area contributed by atoms with Crippen molar-refractivity contribution in [2.24, 2.45) is 11.8 Å². The second kappa shape index (κ2) is 9.35. The zero-order valence-corrected chi connectivity index (χ0v) is 24.0. The highest BCUT2D eigenvalue weighted by molar-refractivity contribution is 5.92. The molecule has 2 bridgehead atoms. The fourth-order valence-electron chi connectivity index (χ4n) is 8.59. The van der Waals surface area contributed by atoms with E-state index in [4.69, 9.17) is 4.74 Å². The number of nitrogens with zero attached hydrogens (tertiary/aromatic N) is 2. The van der Waals surface area contributed by atoms with Crippen LogP contribution in [0.4, 0.5) is 0 Å². The van der Waals surface area contributed by atoms with Gasteiger partial charge in [0.2, 0.25) is 5.91 Å². The predicted octanol–water partition coefficient (Wildman–Crippen LogP) is 4.83. The van der Waals surface area contributed by atoms with Gasteiger partial charge in [-0.2, -0.15) is 0 Å². The quantitative estimate of drug-likeness (QED) is 0.491. The number of amides is 1. The van der Waals surface area contributed by atoms with E-state index >= 15 is 0 Å². The SMILES string of the molecule is Cc1cccc(C=CC(=O)N(CC(C)C)C2CCC3(O)[C@H]4Cc5ccc(O)c6c5[C@@]3(CCN4CC3CC3)C2O6)c1. The lowest BCUT2D eigenvalue weighted by Crippen LogP contribution is -2.78. The Bertz CT molecular complexity index is 1370. The summed E-state index contributed by atoms with van der Waals surface area (Å²) in [7, 11) is 0. The average Bonchev–Trinajstić information content (AvgIpc) is 3.66. The summed E-state index contributed by atoms with van der Waals surface area (Å²) in [5, 5.41) is 23.8. The summed E-state index contributed by atoms with van der Waals surface area (Å²) in [6, 6.07) is 11.8. The first-order valence-corrected chi connectivity index (χ1v) is 15.2. The standard InChI is InChI=1S/C34H42N2O4/c1-21(2)19-36(29(38)12-9-23-6-4-5-22(3)17-23)26-13-14-34(39)28-18-25-10-11-27(37)31-30(25)33(34,32(26)40-31)15-16-35(28)20-24-7-8-24/h4-6,9-12,17,21,24,26,28,32,37,39H,7-8,13-16,18-20H2,1-3H3/t26?,28-,32?,33+,34?/m1/s1. The number of phenolic OH excluding ortho intramolecular Hbond substituents is 1. The van der Waals surface area contributed by atoms with Gasteiger partial charge in [0.15, 0.2) is 11.5 Å². The fourth-order valence-corrected chi connectivity index (χ4v) is 8.59. The molecule has 5 aliphatic rings. The number of likely N-dealkylation sites (tertiary alicyclic amines) is 1. The minimum absolute atomic E-state index is 0.0235. The second-order valence-electron chi connectivity index (χ2n) is 13.5. The van der Waals surface area contributed by atoms with Crippen LogP contribution >= 0.6 is 0 Å². The summed E-state index contributed by atoms with van der Waals surface area (Å²) >= 11 is 0. The van der Waals surface area contributed by atoms with Crippen molar-refractivity contribution < 1.29 is 19.7 Å². The number of carbonyl (C=O) groups excluding carboxylic acids is 1. The number of rotatable bonds is 7. The average molecular weight is 543 g/mol. The van der Waals surface area contributed by atoms with Gasteiger partial charge in [0.25, 0.3) is 0 Å². The summed E-state index contributed by atoms with van der Waals surface area (Å²) in [6.07, 6.45) is 8.65. The van der Waals surface area contributed by atoms with Crippen LogP contribution in [0.15, 0.2) is 42.5 Å². The van der Waals surface area contributed by atoms with Crippen molar-refractivity contribution in [1.82, 2.24) is 9.80 Å². The maximum Gasteiger partial charge on any atom is 0.246 e. The van der Waals surface area contributed by atoms with Crippen LogP contribution in [0.5, 0.6) is 11.5 Å². The highest BCUT2D eigenvalue weighted by atomic mass is 16.5. The zero-order chi connectivity index (χ0) is 27.8. The summed E-state index contributed by atoms with van der Waals surface area (Å²) < 4.78 is 6.76. The zero-order valence-electron chi connectivity index (χ0n) is 24.0. The minimum Gasteiger partial charge on any atom is -0.504 e. The number of ether oxygens (including phenoxy) is 1. The summed E-state index contributed by atoms with van der Waals surface area (Å²) in [5.74, 6) is 1.69. The molecule has 1 saturated heterocycles. The highest BCUT2D eigenvalue weighted by Gasteiger charge is 2.73. The number of phenols is 1. The summed E-state index contributed by atoms with van der Waals surface area (Å²) in [5.41, 5.74) is 2.79. The van der Waals surface area contributed by atoms with Gasteiger partial charge in [-0.1, -0.05) is 49.7 Å². The molecule has 2 aromatic carbocycles. The molecular weight excluding hydrogens is 500 g/mol. The van der Waals surface area contributed by atoms with Gasteiger partial charge in [-0.05, 0) is 87.1 Å². The first kappa shape index (κ1) is 26.1. The molecule has 6 nitrogen and oxygen atoms in total. The molecule has 2 aliphatic heterocycles. The van der Waals surface area contributed by atoms with Crippen molar-refractivity contribution in [2.45, 2.75) is 88.5 Å². The van der Waals surface area contributed by atoms with E-state index in [0.29, 0.717) is 25.1 Å². The van der Waals surface area contributed by atoms with E-state index in [-0.39, 0.29) is 29.7 Å². The Kier molecular flexibility index (Phi) is 6.10. The third-order valence-corrected chi connectivity index (χ3v) is 10.4. The van der Waals surface area contributed by atoms with Crippen LogP contribution in [0.2, 0.25) is 0 Å². The van der Waals surface area contributed by atoms with Gasteiger partial charge in [-0.25, -0.2) is 0 Å². The molecule has 212 valence electrons. The fraction of sp³-hybridized carbons (Fsp3) is 0.559. The van der Waals surface area contributed by atoms with E-state index in [1.165, 1.54) is 18.4 Å². The molecule has 0 aromatic heterocycles. The van der Waals surface area contributed by atoms with E-state index in [1.54, 1.807) is 12.1 Å². The highest BCUT2D eigenvalue weighted by Crippen LogP contribution is 2.66. The summed E-state index contributed by atoms with van der Waals surface area (Å²) in [4.78, 5) is 18.5. The Labute approximate surface area is 237 Å². The van der Waals surface area contributed by atoms with Crippen LogP contribution in [0, 0.1) is 18.8 Å². The largest absolute Gasteiger partial charge is 0.504 e. The molecule has 40 heavy (non-hydrogen) atoms. The van der Waals surface area contributed by atoms with Crippen LogP contribution in [-0.4, -0.2) is 69.3 Å². The maximum absolute atomic E-state index is 13.9. The molecular formula is C34H42N2O4. The molecule has 0 radical (unpaired) electrons. The Hall–Kier alpha value is -2.83. The monoisotopic (exact) mass is 542 g/mol. The van der Waals surface area contributed by atoms with Gasteiger partial charge in [-0.3, -0.25) is 9.69 Å². The summed E-state index contributed by atoms with van der Waals surface area (Å²) in [6.45, 7) is 8.92. The Balaban J connectivity index is 1.28. The van der Waals surface area contributed by atoms with Crippen LogP contribution in [0.25, 0.3) is 6.08 Å². The van der Waals surface area contributed by atoms with Crippen LogP contribution < -0.4 is 4.74 Å². The van der Waals surface area contributed by atoms with Crippen LogP contribution in [-0.2, 0) is 16.6 Å². The van der Waals surface area contributed by atoms with Crippen molar-refractivity contribution in [1.29, 1.82) is 0 Å². The van der Waals surface area contributed by atoms with Crippen LogP contribution in [0.1, 0.15) is 68.2 Å². The lowest BCUT2D eigenvalue weighted by molar-refractivity contribution is -0.201. The first-order valence-electron chi connectivity index (χ1n) is 15.2. The molecule has 7 rings (SSSR count). The van der Waals surface area contributed by atoms with E-state index < -0.39 is 17.1 Å². The van der Waals surface area contributed by atoms with E-state index in [9.17, 15) is 15.0 Å². The second-order valence-corrected chi connectivity index (χ2v) is 13.5. The van der Waals surface area contributed by atoms with Crippen molar-refractivity contribution >= 4 is 12.0 Å². The maximum atomic E-state index is 13.9. The van der Waals surface area contributed by atoms with Crippen molar-refractivity contribution in [3.8, 4) is 11.5 Å². The lowest BCUT2D eigenvalue weighted by Gasteiger charge is -2.65. The van der Waals surface area contributed by atoms with Gasteiger partial charge >= 0.3 is 0 Å². The van der Waals surface area contributed by atoms with Crippen molar-refractivity contribution in [3.63, 3.8) is 0 Å². The molecule has 2 heterocycles. The lowest BCUT2D eigenvalue weighted by atomic mass is 9.48. The Morgan fingerprint density at radius 2 is 2.02 bits per heavy atom. The van der Waals surface area contributed by atoms with E-state index in [2.05, 4.69) is 37.8 Å². The number of aryl methyl sites for hydroxylation is 1. The predicted molar refractivity (Wildman–Crippen MR) is 155 cm³/mol. The van der Waals surface area contributed by atoms with Gasteiger partial charge in [0.05, 0.1) is 17.1 Å². The van der Waals surface area contributed by atoms with Gasteiger partial charge in [0.1, 0.15) is 6.10 Å². The van der Waals surface area contributed by atoms with Crippen LogP contribution in [0.3, 0.4) is 0 Å². The van der Waals surface area contributed by atoms with Crippen molar-refractivity contribution in [2.75, 3.05) is 19.6 Å². The Morgan fingerprint density at radius 1 is 1.20 bits per heavy atom. The van der Waals surface area contributed by atoms with E-state index in [0.717, 1.165) is 48.5 Å². The molecule has 3 aliphatic carbocycles. The van der Waals surface area contributed by atoms with Gasteiger partial charge in [-0.15, -0.1) is 0 Å². The molecule has 2 N–H and O–H groups in total. The molecule has 2 aromatic rings. The molecule has 1 amide bonds. The topological polar surface area (TPSA) is 73.2 Å². The smallest absolute Gasteiger partial charge is 0.246 e. The van der Waals surface area contributed by atoms with Gasteiger partial charge in [0, 0.05) is 30.8 Å². The number of piperidine rings is 1. The number of aromatic hydroxyl groups is 1. The van der Waals surface area contributed by atoms with Crippen molar-refractivity contribution in [3.05, 3.63) is 64.7 Å². The van der Waals surface area contributed by atoms with Gasteiger partial charge < -0.3 is 19.8 Å². The third-order valence-electron chi connectivity index (χ3n) is 10.4. The number of aliphatic hydroxyl groups is 1. The minimum atomic E-state index is -0.947. The third kappa shape index (κ3) is 3.86. The molecule has 1 spiro atoms. The normalized spacial score (nSPS) is 32.3. The molecule has 5 atom stereocenters.